The molecule has 90 valence electrons. The summed E-state index contributed by atoms with van der Waals surface area (Å²) in [6, 6.07) is 0.605. The van der Waals surface area contributed by atoms with Gasteiger partial charge in [-0.05, 0) is 20.4 Å². The molecule has 0 saturated carbocycles. The number of nitrogen functional groups attached to an aromatic ring is 1. The molecular formula is C11H21N5. The molecule has 0 aliphatic heterocycles. The van der Waals surface area contributed by atoms with Gasteiger partial charge in [-0.25, -0.2) is 4.98 Å². The first-order chi connectivity index (χ1) is 7.63. The largest absolute Gasteiger partial charge is 0.382 e. The molecule has 0 spiro atoms. The van der Waals surface area contributed by atoms with E-state index in [1.165, 1.54) is 6.20 Å². The normalized spacial score (nSPS) is 12.8. The van der Waals surface area contributed by atoms with Gasteiger partial charge in [0, 0.05) is 19.1 Å². The lowest BCUT2D eigenvalue weighted by molar-refractivity contribution is 0.261. The van der Waals surface area contributed by atoms with Gasteiger partial charge in [-0.1, -0.05) is 6.92 Å². The zero-order chi connectivity index (χ0) is 12.0. The predicted molar refractivity (Wildman–Crippen MR) is 67.3 cm³/mol. The topological polar surface area (TPSA) is 67.1 Å². The lowest BCUT2D eigenvalue weighted by Crippen LogP contribution is -2.32. The van der Waals surface area contributed by atoms with E-state index >= 15 is 0 Å². The first-order valence-electron chi connectivity index (χ1n) is 5.65. The third-order valence-electron chi connectivity index (χ3n) is 2.77. The van der Waals surface area contributed by atoms with Crippen molar-refractivity contribution in [3.8, 4) is 0 Å². The minimum Gasteiger partial charge on any atom is -0.382 e. The summed E-state index contributed by atoms with van der Waals surface area (Å²) in [5.41, 5.74) is 5.54. The number of nitrogens with zero attached hydrogens (tertiary/aromatic N) is 3. The molecule has 16 heavy (non-hydrogen) atoms. The van der Waals surface area contributed by atoms with Gasteiger partial charge in [0.2, 0.25) is 0 Å². The van der Waals surface area contributed by atoms with E-state index in [0.717, 1.165) is 25.3 Å². The van der Waals surface area contributed by atoms with Crippen molar-refractivity contribution in [1.29, 1.82) is 0 Å². The van der Waals surface area contributed by atoms with Crippen LogP contribution in [0.1, 0.15) is 20.3 Å². The highest BCUT2D eigenvalue weighted by atomic mass is 15.1. The SMILES string of the molecule is CCC(C)N(C)CCNc1cncc(N)n1. The Labute approximate surface area is 97.1 Å². The molecule has 1 atom stereocenters. The van der Waals surface area contributed by atoms with Crippen LogP contribution in [-0.2, 0) is 0 Å². The van der Waals surface area contributed by atoms with E-state index in [9.17, 15) is 0 Å². The molecule has 1 aromatic rings. The van der Waals surface area contributed by atoms with Crippen molar-refractivity contribution in [1.82, 2.24) is 14.9 Å². The molecule has 0 bridgehead atoms. The molecule has 0 aliphatic carbocycles. The zero-order valence-corrected chi connectivity index (χ0v) is 10.3. The van der Waals surface area contributed by atoms with Crippen LogP contribution in [0.5, 0.6) is 0 Å². The number of hydrogen-bond acceptors (Lipinski definition) is 5. The summed E-state index contributed by atoms with van der Waals surface area (Å²) in [6.07, 6.45) is 4.38. The summed E-state index contributed by atoms with van der Waals surface area (Å²) in [7, 11) is 2.13. The van der Waals surface area contributed by atoms with Gasteiger partial charge in [0.15, 0.2) is 0 Å². The highest BCUT2D eigenvalue weighted by Gasteiger charge is 2.05. The first kappa shape index (κ1) is 12.7. The number of aromatic nitrogens is 2. The average Bonchev–Trinajstić information content (AvgIpc) is 2.28. The van der Waals surface area contributed by atoms with E-state index in [-0.39, 0.29) is 0 Å². The second kappa shape index (κ2) is 6.27. The first-order valence-corrected chi connectivity index (χ1v) is 5.65. The van der Waals surface area contributed by atoms with Crippen LogP contribution in [0.3, 0.4) is 0 Å². The van der Waals surface area contributed by atoms with E-state index in [4.69, 9.17) is 5.73 Å². The Kier molecular flexibility index (Phi) is 4.98. The molecule has 1 aromatic heterocycles. The molecule has 0 fully saturated rings. The molecule has 3 N–H and O–H groups in total. The fourth-order valence-electron chi connectivity index (χ4n) is 1.36. The van der Waals surface area contributed by atoms with Crippen molar-refractivity contribution < 1.29 is 0 Å². The Morgan fingerprint density at radius 2 is 2.25 bits per heavy atom. The van der Waals surface area contributed by atoms with Crippen LogP contribution in [-0.4, -0.2) is 41.0 Å². The van der Waals surface area contributed by atoms with Gasteiger partial charge in [-0.2, -0.15) is 0 Å². The predicted octanol–water partition coefficient (Wildman–Crippen LogP) is 1.20. The summed E-state index contributed by atoms with van der Waals surface area (Å²) < 4.78 is 0. The molecule has 1 heterocycles. The number of anilines is 2. The van der Waals surface area contributed by atoms with Crippen LogP contribution >= 0.6 is 0 Å². The lowest BCUT2D eigenvalue weighted by Gasteiger charge is -2.23. The van der Waals surface area contributed by atoms with Crippen molar-refractivity contribution in [2.24, 2.45) is 0 Å². The minimum atomic E-state index is 0.445. The van der Waals surface area contributed by atoms with Crippen molar-refractivity contribution in [3.63, 3.8) is 0 Å². The maximum absolute atomic E-state index is 5.54. The molecule has 0 aromatic carbocycles. The van der Waals surface area contributed by atoms with E-state index in [2.05, 4.69) is 41.1 Å². The van der Waals surface area contributed by atoms with Crippen LogP contribution in [0.4, 0.5) is 11.6 Å². The average molecular weight is 223 g/mol. The standard InChI is InChI=1S/C11H21N5/c1-4-9(2)16(3)6-5-14-11-8-13-7-10(12)15-11/h7-9H,4-6H2,1-3H3,(H3,12,14,15). The highest BCUT2D eigenvalue weighted by Crippen LogP contribution is 2.03. The van der Waals surface area contributed by atoms with Crippen molar-refractivity contribution in [2.45, 2.75) is 26.3 Å². The van der Waals surface area contributed by atoms with E-state index in [1.54, 1.807) is 6.20 Å². The summed E-state index contributed by atoms with van der Waals surface area (Å²) in [5, 5.41) is 3.20. The highest BCUT2D eigenvalue weighted by molar-refractivity contribution is 5.38. The lowest BCUT2D eigenvalue weighted by atomic mass is 10.2. The fraction of sp³-hybridized carbons (Fsp3) is 0.636. The Bertz CT molecular complexity index is 315. The smallest absolute Gasteiger partial charge is 0.146 e. The second-order valence-electron chi connectivity index (χ2n) is 3.99. The number of hydrogen-bond donors (Lipinski definition) is 2. The molecule has 1 rings (SSSR count). The number of nitrogens with one attached hydrogen (secondary N) is 1. The molecule has 5 heteroatoms. The van der Waals surface area contributed by atoms with Crippen LogP contribution in [0.15, 0.2) is 12.4 Å². The van der Waals surface area contributed by atoms with Crippen LogP contribution in [0.2, 0.25) is 0 Å². The van der Waals surface area contributed by atoms with Crippen molar-refractivity contribution in [3.05, 3.63) is 12.4 Å². The molecule has 1 unspecified atom stereocenters. The summed E-state index contributed by atoms with van der Waals surface area (Å²) in [6.45, 7) is 6.24. The Morgan fingerprint density at radius 3 is 2.88 bits per heavy atom. The summed E-state index contributed by atoms with van der Waals surface area (Å²) >= 11 is 0. The second-order valence-corrected chi connectivity index (χ2v) is 3.99. The van der Waals surface area contributed by atoms with Crippen molar-refractivity contribution >= 4 is 11.6 Å². The molecule has 0 amide bonds. The number of rotatable bonds is 6. The van der Waals surface area contributed by atoms with Crippen LogP contribution in [0, 0.1) is 0 Å². The van der Waals surface area contributed by atoms with E-state index in [1.807, 2.05) is 0 Å². The van der Waals surface area contributed by atoms with E-state index < -0.39 is 0 Å². The minimum absolute atomic E-state index is 0.445. The van der Waals surface area contributed by atoms with Gasteiger partial charge in [0.05, 0.1) is 12.4 Å². The quantitative estimate of drug-likeness (QED) is 0.758. The van der Waals surface area contributed by atoms with Gasteiger partial charge in [-0.3, -0.25) is 4.98 Å². The van der Waals surface area contributed by atoms with Crippen molar-refractivity contribution in [2.75, 3.05) is 31.2 Å². The Hall–Kier alpha value is -1.36. The maximum Gasteiger partial charge on any atom is 0.146 e. The Morgan fingerprint density at radius 1 is 1.50 bits per heavy atom. The third-order valence-corrected chi connectivity index (χ3v) is 2.77. The molecule has 0 saturated heterocycles. The van der Waals surface area contributed by atoms with E-state index in [0.29, 0.717) is 11.9 Å². The molecule has 0 aliphatic rings. The molecular weight excluding hydrogens is 202 g/mol. The van der Waals surface area contributed by atoms with Crippen LogP contribution < -0.4 is 11.1 Å². The fourth-order valence-corrected chi connectivity index (χ4v) is 1.36. The van der Waals surface area contributed by atoms with Gasteiger partial charge < -0.3 is 16.0 Å². The van der Waals surface area contributed by atoms with Gasteiger partial charge in [0.1, 0.15) is 11.6 Å². The monoisotopic (exact) mass is 223 g/mol. The van der Waals surface area contributed by atoms with Gasteiger partial charge in [0.25, 0.3) is 0 Å². The Balaban J connectivity index is 2.30. The van der Waals surface area contributed by atoms with Crippen LogP contribution in [0.25, 0.3) is 0 Å². The van der Waals surface area contributed by atoms with Gasteiger partial charge >= 0.3 is 0 Å². The molecule has 5 nitrogen and oxygen atoms in total. The number of likely N-dealkylation sites (N-methyl/N-ethyl adjacent to an activating group) is 1. The maximum atomic E-state index is 5.54. The summed E-state index contributed by atoms with van der Waals surface area (Å²) in [4.78, 5) is 10.4. The van der Waals surface area contributed by atoms with Gasteiger partial charge in [-0.15, -0.1) is 0 Å². The summed E-state index contributed by atoms with van der Waals surface area (Å²) in [5.74, 6) is 1.18. The third kappa shape index (κ3) is 4.02. The number of nitrogens with two attached hydrogens (primary N) is 1. The molecule has 0 radical (unpaired) electrons. The zero-order valence-electron chi connectivity index (χ0n) is 10.3.